The molecule has 1 aliphatic heterocycles. The van der Waals surface area contributed by atoms with Crippen molar-refractivity contribution in [3.63, 3.8) is 0 Å². The van der Waals surface area contributed by atoms with Crippen LogP contribution in [0.15, 0.2) is 32.9 Å². The van der Waals surface area contributed by atoms with E-state index in [4.69, 9.17) is 0 Å². The Hall–Kier alpha value is -0.680. The van der Waals surface area contributed by atoms with Crippen molar-refractivity contribution < 1.29 is 8.42 Å². The minimum absolute atomic E-state index is 0.318. The van der Waals surface area contributed by atoms with Crippen molar-refractivity contribution in [3.05, 3.63) is 29.8 Å². The van der Waals surface area contributed by atoms with E-state index in [0.717, 1.165) is 24.2 Å². The summed E-state index contributed by atoms with van der Waals surface area (Å²) >= 11 is 0. The van der Waals surface area contributed by atoms with Crippen molar-refractivity contribution in [2.45, 2.75) is 43.3 Å². The quantitative estimate of drug-likeness (QED) is 0.838. The highest BCUT2D eigenvalue weighted by atomic mass is 32.3. The van der Waals surface area contributed by atoms with Crippen LogP contribution in [0.5, 0.6) is 0 Å². The van der Waals surface area contributed by atoms with Crippen molar-refractivity contribution >= 4 is 20.7 Å². The first-order valence-electron chi connectivity index (χ1n) is 6.23. The molecule has 1 saturated heterocycles. The third kappa shape index (κ3) is 3.20. The second kappa shape index (κ2) is 5.53. The molecule has 0 N–H and O–H groups in total. The Balaban J connectivity index is 2.31. The van der Waals surface area contributed by atoms with Gasteiger partial charge < -0.3 is 0 Å². The molecule has 5 heteroatoms. The summed E-state index contributed by atoms with van der Waals surface area (Å²) in [7, 11) is -3.80. The Morgan fingerprint density at radius 3 is 2.50 bits per heavy atom. The van der Waals surface area contributed by atoms with Gasteiger partial charge in [0, 0.05) is 11.0 Å². The van der Waals surface area contributed by atoms with Gasteiger partial charge in [0.25, 0.3) is 10.0 Å². The van der Waals surface area contributed by atoms with E-state index >= 15 is 0 Å². The highest BCUT2D eigenvalue weighted by Gasteiger charge is 2.19. The Morgan fingerprint density at radius 1 is 1.22 bits per heavy atom. The number of rotatable bonds is 2. The fraction of sp³-hybridized carbons (Fsp3) is 0.538. The minimum atomic E-state index is -3.47. The first-order chi connectivity index (χ1) is 8.49. The molecule has 2 atom stereocenters. The van der Waals surface area contributed by atoms with E-state index in [1.54, 1.807) is 12.1 Å². The second-order valence-corrected chi connectivity index (χ2v) is 8.81. The van der Waals surface area contributed by atoms with Crippen LogP contribution in [-0.4, -0.2) is 19.4 Å². The van der Waals surface area contributed by atoms with Crippen molar-refractivity contribution in [1.82, 2.24) is 0 Å². The smallest absolute Gasteiger partial charge is 0.199 e. The zero-order valence-corrected chi connectivity index (χ0v) is 12.4. The van der Waals surface area contributed by atoms with Crippen LogP contribution < -0.4 is 0 Å². The highest BCUT2D eigenvalue weighted by molar-refractivity contribution is 8.00. The number of hydrogen-bond acceptors (Lipinski definition) is 2. The Labute approximate surface area is 112 Å². The van der Waals surface area contributed by atoms with Crippen LogP contribution in [0.25, 0.3) is 0 Å². The minimum Gasteiger partial charge on any atom is -0.199 e. The predicted octanol–water partition coefficient (Wildman–Crippen LogP) is 3.06. The molecule has 0 saturated carbocycles. The maximum atomic E-state index is 12.2. The molecule has 0 amide bonds. The van der Waals surface area contributed by atoms with E-state index in [-0.39, 0.29) is 10.7 Å². The molecule has 1 aromatic rings. The molecule has 100 valence electrons. The van der Waals surface area contributed by atoms with Crippen LogP contribution in [0.4, 0.5) is 0 Å². The molecule has 0 aliphatic carbocycles. The summed E-state index contributed by atoms with van der Waals surface area (Å²) in [6, 6.07) is 6.92. The monoisotopic (exact) mass is 285 g/mol. The summed E-state index contributed by atoms with van der Waals surface area (Å²) in [5, 5.41) is 0.402. The summed E-state index contributed by atoms with van der Waals surface area (Å²) in [6.07, 6.45) is 3.39. The largest absolute Gasteiger partial charge is 0.287 e. The van der Waals surface area contributed by atoms with Gasteiger partial charge in [0.05, 0.1) is 4.90 Å². The van der Waals surface area contributed by atoms with E-state index in [9.17, 15) is 8.42 Å². The van der Waals surface area contributed by atoms with Gasteiger partial charge in [-0.15, -0.1) is 3.77 Å². The molecular weight excluding hydrogens is 266 g/mol. The topological polar surface area (TPSA) is 46.5 Å². The molecule has 0 aromatic heterocycles. The first kappa shape index (κ1) is 13.7. The van der Waals surface area contributed by atoms with Crippen LogP contribution in [0.2, 0.25) is 0 Å². The lowest BCUT2D eigenvalue weighted by Gasteiger charge is -2.21. The summed E-state index contributed by atoms with van der Waals surface area (Å²) in [4.78, 5) is 0.318. The van der Waals surface area contributed by atoms with E-state index in [2.05, 4.69) is 10.7 Å². The molecule has 2 rings (SSSR count). The molecule has 0 bridgehead atoms. The van der Waals surface area contributed by atoms with Gasteiger partial charge in [-0.3, -0.25) is 0 Å². The number of benzene rings is 1. The molecule has 3 nitrogen and oxygen atoms in total. The van der Waals surface area contributed by atoms with Gasteiger partial charge in [-0.05, 0) is 31.9 Å². The van der Waals surface area contributed by atoms with Crippen LogP contribution >= 0.6 is 0 Å². The molecular formula is C13H19NO2S2. The molecule has 1 unspecified atom stereocenters. The van der Waals surface area contributed by atoms with E-state index in [1.807, 2.05) is 19.1 Å². The second-order valence-electron chi connectivity index (χ2n) is 4.77. The molecule has 1 fully saturated rings. The lowest BCUT2D eigenvalue weighted by atomic mass is 10.2. The predicted molar refractivity (Wildman–Crippen MR) is 76.3 cm³/mol. The van der Waals surface area contributed by atoms with Crippen LogP contribution in [0.3, 0.4) is 0 Å². The first-order valence-corrected chi connectivity index (χ1v) is 9.09. The van der Waals surface area contributed by atoms with Gasteiger partial charge in [-0.25, -0.2) is 0 Å². The maximum absolute atomic E-state index is 12.2. The summed E-state index contributed by atoms with van der Waals surface area (Å²) in [6.45, 7) is 4.05. The number of sulfonamides is 1. The normalized spacial score (nSPS) is 25.2. The molecule has 0 radical (unpaired) electrons. The third-order valence-corrected chi connectivity index (χ3v) is 7.48. The van der Waals surface area contributed by atoms with E-state index in [0.29, 0.717) is 10.1 Å². The molecule has 18 heavy (non-hydrogen) atoms. The highest BCUT2D eigenvalue weighted by Crippen LogP contribution is 2.21. The zero-order chi connectivity index (χ0) is 13.2. The SMILES string of the molecule is Cc1ccc(S(=O)(=O)N=S2CCCC[C@H]2C)cc1. The van der Waals surface area contributed by atoms with Crippen molar-refractivity contribution in [1.29, 1.82) is 0 Å². The average Bonchev–Trinajstić information content (AvgIpc) is 2.32. The maximum Gasteiger partial charge on any atom is 0.287 e. The molecule has 1 aliphatic rings. The van der Waals surface area contributed by atoms with Crippen molar-refractivity contribution in [2.24, 2.45) is 3.77 Å². The van der Waals surface area contributed by atoms with Gasteiger partial charge in [-0.2, -0.15) is 8.42 Å². The Kier molecular flexibility index (Phi) is 4.22. The number of nitrogens with zero attached hydrogens (tertiary/aromatic N) is 1. The van der Waals surface area contributed by atoms with Gasteiger partial charge >= 0.3 is 0 Å². The lowest BCUT2D eigenvalue weighted by molar-refractivity contribution is 0.598. The van der Waals surface area contributed by atoms with E-state index < -0.39 is 10.0 Å². The molecule has 1 aromatic carbocycles. The number of aryl methyl sites for hydroxylation is 1. The summed E-state index contributed by atoms with van der Waals surface area (Å²) < 4.78 is 28.5. The molecule has 0 spiro atoms. The Morgan fingerprint density at radius 2 is 1.89 bits per heavy atom. The van der Waals surface area contributed by atoms with Crippen LogP contribution in [-0.2, 0) is 20.7 Å². The van der Waals surface area contributed by atoms with Gasteiger partial charge in [0.15, 0.2) is 0 Å². The van der Waals surface area contributed by atoms with Crippen LogP contribution in [0, 0.1) is 6.92 Å². The average molecular weight is 285 g/mol. The van der Waals surface area contributed by atoms with E-state index in [1.165, 1.54) is 6.42 Å². The lowest BCUT2D eigenvalue weighted by Crippen LogP contribution is -2.20. The van der Waals surface area contributed by atoms with Gasteiger partial charge in [-0.1, -0.05) is 41.7 Å². The third-order valence-electron chi connectivity index (χ3n) is 3.19. The fourth-order valence-corrected chi connectivity index (χ4v) is 6.07. The fourth-order valence-electron chi connectivity index (χ4n) is 2.01. The zero-order valence-electron chi connectivity index (χ0n) is 10.8. The van der Waals surface area contributed by atoms with Crippen molar-refractivity contribution in [2.75, 3.05) is 5.75 Å². The summed E-state index contributed by atoms with van der Waals surface area (Å²) in [5.41, 5.74) is 1.06. The van der Waals surface area contributed by atoms with Crippen LogP contribution in [0.1, 0.15) is 31.7 Å². The molecule has 1 heterocycles. The standard InChI is InChI=1S/C13H19NO2S2/c1-11-6-8-13(9-7-11)18(15,16)14-17-10-4-3-5-12(17)2/h6-9,12H,3-5,10H2,1-2H3/t12-,17?/m1/s1. The Bertz CT molecular complexity index is 547. The summed E-state index contributed by atoms with van der Waals surface area (Å²) in [5.74, 6) is 0.923. The van der Waals surface area contributed by atoms with Gasteiger partial charge in [0.1, 0.15) is 0 Å². The number of hydrogen-bond donors (Lipinski definition) is 0. The van der Waals surface area contributed by atoms with Crippen molar-refractivity contribution in [3.8, 4) is 0 Å². The van der Waals surface area contributed by atoms with Gasteiger partial charge in [0.2, 0.25) is 0 Å².